The lowest BCUT2D eigenvalue weighted by Crippen LogP contribution is -2.31. The van der Waals surface area contributed by atoms with Gasteiger partial charge in [0.25, 0.3) is 0 Å². The van der Waals surface area contributed by atoms with E-state index in [1.54, 1.807) is 12.1 Å². The molecule has 17 heavy (non-hydrogen) atoms. The Hall–Kier alpha value is -1.42. The minimum absolute atomic E-state index is 0.210. The van der Waals surface area contributed by atoms with Crippen LogP contribution in [0.15, 0.2) is 24.3 Å². The summed E-state index contributed by atoms with van der Waals surface area (Å²) in [5, 5.41) is 3.12. The molecule has 0 aliphatic carbocycles. The summed E-state index contributed by atoms with van der Waals surface area (Å²) in [7, 11) is 1.39. The van der Waals surface area contributed by atoms with Crippen LogP contribution in [0.2, 0.25) is 0 Å². The monoisotopic (exact) mass is 237 g/mol. The van der Waals surface area contributed by atoms with E-state index in [0.717, 1.165) is 24.9 Å². The Bertz CT molecular complexity index is 408. The maximum Gasteiger partial charge on any atom is 0.322 e. The first-order valence-electron chi connectivity index (χ1n) is 5.74. The highest BCUT2D eigenvalue weighted by Crippen LogP contribution is 2.20. The zero-order chi connectivity index (χ0) is 12.3. The molecule has 0 amide bonds. The molecule has 4 heteroatoms. The van der Waals surface area contributed by atoms with Crippen LogP contribution in [0.25, 0.3) is 0 Å². The highest BCUT2D eigenvalue weighted by molar-refractivity contribution is 5.76. The second kappa shape index (κ2) is 5.27. The molecule has 0 bridgehead atoms. The first-order valence-corrected chi connectivity index (χ1v) is 5.74. The highest BCUT2D eigenvalue weighted by atomic mass is 19.1. The molecule has 2 unspecified atom stereocenters. The van der Waals surface area contributed by atoms with E-state index in [1.165, 1.54) is 13.2 Å². The van der Waals surface area contributed by atoms with Gasteiger partial charge in [-0.25, -0.2) is 4.39 Å². The first-order chi connectivity index (χ1) is 8.19. The summed E-state index contributed by atoms with van der Waals surface area (Å²) >= 11 is 0. The Morgan fingerprint density at radius 2 is 2.41 bits per heavy atom. The minimum Gasteiger partial charge on any atom is -0.468 e. The van der Waals surface area contributed by atoms with Crippen molar-refractivity contribution in [2.24, 2.45) is 5.92 Å². The predicted molar refractivity (Wildman–Crippen MR) is 62.0 cm³/mol. The Labute approximate surface area is 100.0 Å². The molecule has 1 N–H and O–H groups in total. The van der Waals surface area contributed by atoms with Gasteiger partial charge in [0, 0.05) is 0 Å². The molecule has 0 saturated carbocycles. The Morgan fingerprint density at radius 1 is 1.59 bits per heavy atom. The average Bonchev–Trinajstić information content (AvgIpc) is 2.76. The maximum absolute atomic E-state index is 13.0. The molecule has 0 spiro atoms. The molecule has 1 aromatic carbocycles. The number of rotatable bonds is 3. The van der Waals surface area contributed by atoms with Crippen molar-refractivity contribution in [2.45, 2.75) is 18.9 Å². The number of carbonyl (C=O) groups is 1. The molecule has 92 valence electrons. The number of hydrogen-bond donors (Lipinski definition) is 1. The maximum atomic E-state index is 13.0. The normalized spacial score (nSPS) is 23.6. The predicted octanol–water partition coefficient (Wildman–Crippen LogP) is 1.52. The summed E-state index contributed by atoms with van der Waals surface area (Å²) in [6.45, 7) is 0.774. The fourth-order valence-corrected chi connectivity index (χ4v) is 2.28. The summed E-state index contributed by atoms with van der Waals surface area (Å²) in [5.41, 5.74) is 0.974. The molecule has 0 aromatic heterocycles. The van der Waals surface area contributed by atoms with Crippen LogP contribution in [0.4, 0.5) is 4.39 Å². The largest absolute Gasteiger partial charge is 0.468 e. The molecule has 1 fully saturated rings. The van der Waals surface area contributed by atoms with Crippen LogP contribution in [0.3, 0.4) is 0 Å². The van der Waals surface area contributed by atoms with Crippen molar-refractivity contribution in [1.82, 2.24) is 5.32 Å². The van der Waals surface area contributed by atoms with E-state index in [2.05, 4.69) is 5.32 Å². The van der Waals surface area contributed by atoms with E-state index in [1.807, 2.05) is 6.07 Å². The lowest BCUT2D eigenvalue weighted by molar-refractivity contribution is -0.142. The second-order valence-corrected chi connectivity index (χ2v) is 4.42. The van der Waals surface area contributed by atoms with Gasteiger partial charge in [-0.05, 0) is 43.0 Å². The quantitative estimate of drug-likeness (QED) is 0.810. The van der Waals surface area contributed by atoms with E-state index in [-0.39, 0.29) is 17.8 Å². The van der Waals surface area contributed by atoms with E-state index >= 15 is 0 Å². The molecule has 2 atom stereocenters. The third kappa shape index (κ3) is 3.03. The fourth-order valence-electron chi connectivity index (χ4n) is 2.28. The van der Waals surface area contributed by atoms with Crippen molar-refractivity contribution in [3.8, 4) is 0 Å². The van der Waals surface area contributed by atoms with Crippen molar-refractivity contribution in [3.05, 3.63) is 35.6 Å². The number of methoxy groups -OCH3 is 1. The van der Waals surface area contributed by atoms with Gasteiger partial charge in [0.2, 0.25) is 0 Å². The molecular weight excluding hydrogens is 221 g/mol. The van der Waals surface area contributed by atoms with Crippen molar-refractivity contribution >= 4 is 5.97 Å². The van der Waals surface area contributed by atoms with Crippen molar-refractivity contribution in [1.29, 1.82) is 0 Å². The van der Waals surface area contributed by atoms with Gasteiger partial charge in [0.05, 0.1) is 7.11 Å². The smallest absolute Gasteiger partial charge is 0.322 e. The van der Waals surface area contributed by atoms with Gasteiger partial charge >= 0.3 is 5.97 Å². The van der Waals surface area contributed by atoms with Gasteiger partial charge in [0.1, 0.15) is 11.9 Å². The molecule has 2 rings (SSSR count). The standard InChI is InChI=1S/C13H16FNO2/c1-17-13(16)12-7-10(8-15-12)5-9-3-2-4-11(14)6-9/h2-4,6,10,12,15H,5,7-8H2,1H3. The third-order valence-electron chi connectivity index (χ3n) is 3.12. The summed E-state index contributed by atoms with van der Waals surface area (Å²) in [5.74, 6) is -0.0642. The third-order valence-corrected chi connectivity index (χ3v) is 3.12. The Kier molecular flexibility index (Phi) is 3.74. The summed E-state index contributed by atoms with van der Waals surface area (Å²) < 4.78 is 17.7. The zero-order valence-corrected chi connectivity index (χ0v) is 9.78. The summed E-state index contributed by atoms with van der Waals surface area (Å²) in [6.07, 6.45) is 1.54. The number of benzene rings is 1. The van der Waals surface area contributed by atoms with Gasteiger partial charge in [-0.15, -0.1) is 0 Å². The fraction of sp³-hybridized carbons (Fsp3) is 0.462. The first kappa shape index (κ1) is 12.0. The molecule has 0 radical (unpaired) electrons. The number of esters is 1. The number of ether oxygens (including phenoxy) is 1. The minimum atomic E-state index is -0.216. The van der Waals surface area contributed by atoms with Crippen LogP contribution in [0.5, 0.6) is 0 Å². The molecule has 1 heterocycles. The van der Waals surface area contributed by atoms with Gasteiger partial charge in [-0.1, -0.05) is 12.1 Å². The van der Waals surface area contributed by atoms with E-state index < -0.39 is 0 Å². The van der Waals surface area contributed by atoms with Gasteiger partial charge in [-0.2, -0.15) is 0 Å². The molecule has 1 aromatic rings. The van der Waals surface area contributed by atoms with E-state index in [4.69, 9.17) is 4.74 Å². The SMILES string of the molecule is COC(=O)C1CC(Cc2cccc(F)c2)CN1. The van der Waals surface area contributed by atoms with E-state index in [0.29, 0.717) is 5.92 Å². The molecule has 3 nitrogen and oxygen atoms in total. The average molecular weight is 237 g/mol. The molecule has 1 aliphatic heterocycles. The molecule has 1 aliphatic rings. The number of hydrogen-bond acceptors (Lipinski definition) is 3. The summed E-state index contributed by atoms with van der Waals surface area (Å²) in [6, 6.07) is 6.40. The number of nitrogens with one attached hydrogen (secondary N) is 1. The zero-order valence-electron chi connectivity index (χ0n) is 9.78. The second-order valence-electron chi connectivity index (χ2n) is 4.42. The lowest BCUT2D eigenvalue weighted by Gasteiger charge is -2.09. The Morgan fingerprint density at radius 3 is 3.12 bits per heavy atom. The van der Waals surface area contributed by atoms with Crippen LogP contribution in [-0.2, 0) is 16.0 Å². The van der Waals surface area contributed by atoms with Crippen LogP contribution in [-0.4, -0.2) is 25.7 Å². The van der Waals surface area contributed by atoms with Gasteiger partial charge in [-0.3, -0.25) is 4.79 Å². The number of halogens is 1. The van der Waals surface area contributed by atoms with Crippen LogP contribution in [0.1, 0.15) is 12.0 Å². The highest BCUT2D eigenvalue weighted by Gasteiger charge is 2.29. The molecular formula is C13H16FNO2. The van der Waals surface area contributed by atoms with Crippen molar-refractivity contribution in [2.75, 3.05) is 13.7 Å². The van der Waals surface area contributed by atoms with Gasteiger partial charge in [0.15, 0.2) is 0 Å². The topological polar surface area (TPSA) is 38.3 Å². The van der Waals surface area contributed by atoms with Crippen molar-refractivity contribution < 1.29 is 13.9 Å². The van der Waals surface area contributed by atoms with Crippen LogP contribution in [0, 0.1) is 11.7 Å². The Balaban J connectivity index is 1.92. The number of carbonyl (C=O) groups excluding carboxylic acids is 1. The van der Waals surface area contributed by atoms with Crippen molar-refractivity contribution in [3.63, 3.8) is 0 Å². The van der Waals surface area contributed by atoms with Crippen LogP contribution < -0.4 is 5.32 Å². The summed E-state index contributed by atoms with van der Waals surface area (Å²) in [4.78, 5) is 11.3. The lowest BCUT2D eigenvalue weighted by atomic mass is 9.97. The van der Waals surface area contributed by atoms with E-state index in [9.17, 15) is 9.18 Å². The van der Waals surface area contributed by atoms with Gasteiger partial charge < -0.3 is 10.1 Å². The molecule has 1 saturated heterocycles. The van der Waals surface area contributed by atoms with Crippen LogP contribution >= 0.6 is 0 Å².